The summed E-state index contributed by atoms with van der Waals surface area (Å²) in [4.78, 5) is 0. The van der Waals surface area contributed by atoms with E-state index in [1.165, 1.54) is 81.4 Å². The van der Waals surface area contributed by atoms with E-state index in [0.717, 1.165) is 17.8 Å². The zero-order chi connectivity index (χ0) is 23.9. The summed E-state index contributed by atoms with van der Waals surface area (Å²) in [5.41, 5.74) is 3.04. The summed E-state index contributed by atoms with van der Waals surface area (Å²) in [6, 6.07) is 12.1. The Hall–Kier alpha value is -1.90. The summed E-state index contributed by atoms with van der Waals surface area (Å²) in [6.07, 6.45) is 15.2. The lowest BCUT2D eigenvalue weighted by molar-refractivity contribution is 0.156. The van der Waals surface area contributed by atoms with E-state index in [2.05, 4.69) is 31.2 Å². The average molecular weight is 469 g/mol. The second-order valence-electron chi connectivity index (χ2n) is 10.7. The number of hydrogen-bond donors (Lipinski definition) is 0. The fraction of sp³-hybridized carbons (Fsp3) is 0.613. The standard InChI is InChI=1S/C31H42F2O/c1-3-5-22-6-11-24(12-7-22)26-16-18-27(19-17-26)25-13-8-23(9-14-25)10-15-28-20-21-29(34-4-2)31(33)30(28)32/h8-9,13-14,20-22,24,26-27H,3-7,10-12,15-19H2,1-2H3. The molecule has 3 heteroatoms. The van der Waals surface area contributed by atoms with E-state index in [4.69, 9.17) is 4.74 Å². The van der Waals surface area contributed by atoms with E-state index >= 15 is 0 Å². The van der Waals surface area contributed by atoms with Gasteiger partial charge in [0, 0.05) is 0 Å². The van der Waals surface area contributed by atoms with Crippen molar-refractivity contribution in [3.8, 4) is 5.75 Å². The SMILES string of the molecule is CCCC1CCC(C2CCC(c3ccc(CCc4ccc(OCC)c(F)c4F)cc3)CC2)CC1. The van der Waals surface area contributed by atoms with Gasteiger partial charge in [0.1, 0.15) is 0 Å². The van der Waals surface area contributed by atoms with E-state index in [1.807, 2.05) is 0 Å². The highest BCUT2D eigenvalue weighted by Gasteiger charge is 2.31. The molecule has 0 heterocycles. The molecule has 0 aliphatic heterocycles. The van der Waals surface area contributed by atoms with Gasteiger partial charge >= 0.3 is 0 Å². The van der Waals surface area contributed by atoms with Crippen molar-refractivity contribution in [2.75, 3.05) is 6.61 Å². The van der Waals surface area contributed by atoms with Gasteiger partial charge < -0.3 is 4.74 Å². The first-order valence-electron chi connectivity index (χ1n) is 13.8. The van der Waals surface area contributed by atoms with Crippen LogP contribution in [-0.4, -0.2) is 6.61 Å². The van der Waals surface area contributed by atoms with Crippen LogP contribution in [0.15, 0.2) is 36.4 Å². The minimum Gasteiger partial charge on any atom is -0.491 e. The molecule has 2 fully saturated rings. The maximum atomic E-state index is 14.4. The predicted octanol–water partition coefficient (Wildman–Crippen LogP) is 9.03. The van der Waals surface area contributed by atoms with Crippen LogP contribution in [0.1, 0.15) is 101 Å². The van der Waals surface area contributed by atoms with Gasteiger partial charge in [0.25, 0.3) is 0 Å². The maximum absolute atomic E-state index is 14.4. The topological polar surface area (TPSA) is 9.23 Å². The smallest absolute Gasteiger partial charge is 0.200 e. The summed E-state index contributed by atoms with van der Waals surface area (Å²) < 4.78 is 33.6. The largest absolute Gasteiger partial charge is 0.491 e. The van der Waals surface area contributed by atoms with Gasteiger partial charge in [0.05, 0.1) is 6.61 Å². The Labute approximate surface area is 205 Å². The highest BCUT2D eigenvalue weighted by Crippen LogP contribution is 2.44. The molecule has 0 N–H and O–H groups in total. The highest BCUT2D eigenvalue weighted by molar-refractivity contribution is 5.32. The van der Waals surface area contributed by atoms with Crippen molar-refractivity contribution in [2.24, 2.45) is 17.8 Å². The summed E-state index contributed by atoms with van der Waals surface area (Å²) >= 11 is 0. The Morgan fingerprint density at radius 2 is 1.38 bits per heavy atom. The molecule has 2 aliphatic rings. The van der Waals surface area contributed by atoms with Crippen LogP contribution in [0.25, 0.3) is 0 Å². The van der Waals surface area contributed by atoms with Gasteiger partial charge in [-0.3, -0.25) is 0 Å². The second kappa shape index (κ2) is 12.2. The normalized spacial score (nSPS) is 25.3. The highest BCUT2D eigenvalue weighted by atomic mass is 19.2. The second-order valence-corrected chi connectivity index (χ2v) is 10.7. The molecule has 0 saturated heterocycles. The molecule has 2 saturated carbocycles. The zero-order valence-electron chi connectivity index (χ0n) is 21.1. The molecule has 2 aromatic rings. The van der Waals surface area contributed by atoms with Crippen molar-refractivity contribution in [2.45, 2.75) is 96.8 Å². The minimum atomic E-state index is -0.876. The molecule has 0 atom stereocenters. The molecule has 0 radical (unpaired) electrons. The van der Waals surface area contributed by atoms with Gasteiger partial charge in [0.15, 0.2) is 11.6 Å². The third-order valence-electron chi connectivity index (χ3n) is 8.59. The van der Waals surface area contributed by atoms with E-state index in [0.29, 0.717) is 30.9 Å². The van der Waals surface area contributed by atoms with Crippen LogP contribution < -0.4 is 4.74 Å². The monoisotopic (exact) mass is 468 g/mol. The van der Waals surface area contributed by atoms with Crippen LogP contribution in [0.3, 0.4) is 0 Å². The van der Waals surface area contributed by atoms with Crippen molar-refractivity contribution >= 4 is 0 Å². The molecule has 4 rings (SSSR count). The molecule has 0 spiro atoms. The lowest BCUT2D eigenvalue weighted by Crippen LogP contribution is -2.25. The van der Waals surface area contributed by atoms with Gasteiger partial charge in [-0.15, -0.1) is 0 Å². The van der Waals surface area contributed by atoms with Crippen molar-refractivity contribution in [3.63, 3.8) is 0 Å². The molecule has 0 unspecified atom stereocenters. The van der Waals surface area contributed by atoms with Crippen LogP contribution in [0.5, 0.6) is 5.75 Å². The third-order valence-corrected chi connectivity index (χ3v) is 8.59. The van der Waals surface area contributed by atoms with Gasteiger partial charge in [-0.05, 0) is 105 Å². The van der Waals surface area contributed by atoms with Crippen LogP contribution in [-0.2, 0) is 12.8 Å². The number of halogens is 2. The molecular weight excluding hydrogens is 426 g/mol. The Morgan fingerprint density at radius 1 is 0.735 bits per heavy atom. The van der Waals surface area contributed by atoms with Gasteiger partial charge in [0.2, 0.25) is 5.82 Å². The summed E-state index contributed by atoms with van der Waals surface area (Å²) in [6.45, 7) is 4.41. The predicted molar refractivity (Wildman–Crippen MR) is 136 cm³/mol. The van der Waals surface area contributed by atoms with E-state index in [9.17, 15) is 8.78 Å². The molecule has 0 aromatic heterocycles. The first-order valence-corrected chi connectivity index (χ1v) is 13.8. The fourth-order valence-corrected chi connectivity index (χ4v) is 6.55. The Morgan fingerprint density at radius 3 is 2.00 bits per heavy atom. The van der Waals surface area contributed by atoms with E-state index < -0.39 is 11.6 Å². The number of aryl methyl sites for hydroxylation is 2. The lowest BCUT2D eigenvalue weighted by Gasteiger charge is -2.38. The average Bonchev–Trinajstić information content (AvgIpc) is 2.88. The summed E-state index contributed by atoms with van der Waals surface area (Å²) in [7, 11) is 0. The van der Waals surface area contributed by atoms with E-state index in [1.54, 1.807) is 13.0 Å². The molecule has 2 aromatic carbocycles. The van der Waals surface area contributed by atoms with E-state index in [-0.39, 0.29) is 5.75 Å². The van der Waals surface area contributed by atoms with Gasteiger partial charge in [-0.2, -0.15) is 4.39 Å². The molecular formula is C31H42F2O. The van der Waals surface area contributed by atoms with Gasteiger partial charge in [-0.25, -0.2) is 4.39 Å². The Balaban J connectivity index is 1.25. The summed E-state index contributed by atoms with van der Waals surface area (Å²) in [5, 5.41) is 0. The fourth-order valence-electron chi connectivity index (χ4n) is 6.55. The molecule has 34 heavy (non-hydrogen) atoms. The first kappa shape index (κ1) is 25.2. The summed E-state index contributed by atoms with van der Waals surface area (Å²) in [5.74, 6) is 1.94. The quantitative estimate of drug-likeness (QED) is 0.357. The Kier molecular flexibility index (Phi) is 9.03. The number of benzene rings is 2. The first-order chi connectivity index (χ1) is 16.6. The minimum absolute atomic E-state index is 0.00741. The van der Waals surface area contributed by atoms with Crippen molar-refractivity contribution in [1.82, 2.24) is 0 Å². The molecule has 0 bridgehead atoms. The molecule has 186 valence electrons. The van der Waals surface area contributed by atoms with Crippen LogP contribution in [0.2, 0.25) is 0 Å². The van der Waals surface area contributed by atoms with Crippen molar-refractivity contribution in [3.05, 3.63) is 64.7 Å². The molecule has 0 amide bonds. The molecule has 1 nitrogen and oxygen atoms in total. The number of rotatable bonds is 9. The maximum Gasteiger partial charge on any atom is 0.200 e. The van der Waals surface area contributed by atoms with Crippen molar-refractivity contribution in [1.29, 1.82) is 0 Å². The third kappa shape index (κ3) is 6.20. The van der Waals surface area contributed by atoms with Crippen LogP contribution in [0.4, 0.5) is 8.78 Å². The Bertz CT molecular complexity index is 890. The number of ether oxygens (including phenoxy) is 1. The van der Waals surface area contributed by atoms with Crippen LogP contribution in [0, 0.1) is 29.4 Å². The van der Waals surface area contributed by atoms with Gasteiger partial charge in [-0.1, -0.05) is 62.9 Å². The molecule has 2 aliphatic carbocycles. The zero-order valence-corrected chi connectivity index (χ0v) is 21.1. The lowest BCUT2D eigenvalue weighted by atomic mass is 9.68. The van der Waals surface area contributed by atoms with Crippen molar-refractivity contribution < 1.29 is 13.5 Å². The number of hydrogen-bond acceptors (Lipinski definition) is 1. The van der Waals surface area contributed by atoms with Crippen LogP contribution >= 0.6 is 0 Å².